The van der Waals surface area contributed by atoms with Gasteiger partial charge in [0.05, 0.1) is 17.4 Å². The first-order chi connectivity index (χ1) is 23.7. The van der Waals surface area contributed by atoms with Crippen molar-refractivity contribution in [3.8, 4) is 0 Å². The van der Waals surface area contributed by atoms with Crippen LogP contribution in [-0.4, -0.2) is 87.8 Å². The van der Waals surface area contributed by atoms with Crippen LogP contribution in [0.3, 0.4) is 0 Å². The molecule has 15 heteroatoms. The molecule has 51 heavy (non-hydrogen) atoms. The molecule has 2 fully saturated rings. The number of rotatable bonds is 4. The molecule has 280 valence electrons. The van der Waals surface area contributed by atoms with Crippen LogP contribution in [0, 0.1) is 10.8 Å². The number of amides is 3. The summed E-state index contributed by atoms with van der Waals surface area (Å²) < 4.78 is 17.9. The first kappa shape index (κ1) is 40.3. The Morgan fingerprint density at radius 3 is 1.90 bits per heavy atom. The number of likely N-dealkylation sites (tertiary alicyclic amines) is 2. The number of piperidine rings is 2. The van der Waals surface area contributed by atoms with Crippen LogP contribution in [0.4, 0.5) is 21.2 Å². The van der Waals surface area contributed by atoms with Gasteiger partial charge in [-0.2, -0.15) is 0 Å². The number of nitrogens with zero attached hydrogens (tertiary/aromatic N) is 4. The predicted octanol–water partition coefficient (Wildman–Crippen LogP) is 6.91. The molecule has 2 aromatic heterocycles. The number of hydrogen-bond acceptors (Lipinski definition) is 10. The number of nitrogens with two attached hydrogens (primary N) is 1. The smallest absolute Gasteiger partial charge is 0.410 e. The van der Waals surface area contributed by atoms with Gasteiger partial charge < -0.3 is 35.1 Å². The fraction of sp³-hybridized carbons (Fsp3) is 0.611. The molecule has 3 N–H and O–H groups in total. The van der Waals surface area contributed by atoms with Crippen LogP contribution in [0.2, 0.25) is 0 Å². The number of ether oxygens (including phenoxy) is 3. The Labute approximate surface area is 317 Å². The molecule has 3 aliphatic heterocycles. The van der Waals surface area contributed by atoms with Crippen molar-refractivity contribution in [1.29, 1.82) is 0 Å². The van der Waals surface area contributed by atoms with Crippen molar-refractivity contribution in [1.82, 2.24) is 19.8 Å². The minimum absolute atomic E-state index is 0.00802. The van der Waals surface area contributed by atoms with E-state index in [1.54, 1.807) is 29.1 Å². The van der Waals surface area contributed by atoms with Gasteiger partial charge >= 0.3 is 18.2 Å². The topological polar surface area (TPSA) is 166 Å². The number of nitrogens with one attached hydrogen (secondary N) is 1. The van der Waals surface area contributed by atoms with E-state index in [-0.39, 0.29) is 24.1 Å². The van der Waals surface area contributed by atoms with Crippen LogP contribution in [0.25, 0.3) is 0 Å². The van der Waals surface area contributed by atoms with E-state index >= 15 is 0 Å². The standard InChI is InChI=1S/C19H28BrN3O4.C17H22BrN3O3/c1-5-26-16(24)19(11-13-10-14(20)12-22-15(13)21)6-8-23(9-7-19)17(25)27-18(2,3)4;1-16(2,3)24-15(23)21-6-4-17(5-7-21)9-11-8-12(18)10-19-13(11)20-14(17)22/h10,12H,5-9,11H2,1-4H3,(H2,21,22);8,10H,4-7,9H2,1-3H3,(H,19,20,22). The lowest BCUT2D eigenvalue weighted by molar-refractivity contribution is -0.158. The Hall–Kier alpha value is -3.46. The minimum atomic E-state index is -0.731. The molecule has 2 aromatic rings. The number of halogens is 2. The van der Waals surface area contributed by atoms with Crippen molar-refractivity contribution in [2.45, 2.75) is 98.2 Å². The van der Waals surface area contributed by atoms with E-state index in [1.807, 2.05) is 53.7 Å². The third kappa shape index (κ3) is 10.6. The number of carbonyl (C=O) groups excluding carboxylic acids is 4. The Kier molecular flexibility index (Phi) is 12.7. The maximum atomic E-state index is 12.8. The highest BCUT2D eigenvalue weighted by Gasteiger charge is 2.47. The average Bonchev–Trinajstić information content (AvgIpc) is 3.03. The van der Waals surface area contributed by atoms with Gasteiger partial charge in [0, 0.05) is 47.5 Å². The second kappa shape index (κ2) is 16.1. The quantitative estimate of drug-likeness (QED) is 0.244. The van der Waals surface area contributed by atoms with Gasteiger partial charge in [0.15, 0.2) is 0 Å². The van der Waals surface area contributed by atoms with Gasteiger partial charge in [-0.15, -0.1) is 0 Å². The zero-order valence-corrected chi connectivity index (χ0v) is 33.7. The normalized spacial score (nSPS) is 18.1. The fourth-order valence-electron chi connectivity index (χ4n) is 6.44. The van der Waals surface area contributed by atoms with Gasteiger partial charge in [-0.3, -0.25) is 9.59 Å². The van der Waals surface area contributed by atoms with Gasteiger partial charge in [0.2, 0.25) is 5.91 Å². The zero-order valence-electron chi connectivity index (χ0n) is 30.6. The highest BCUT2D eigenvalue weighted by Crippen LogP contribution is 2.42. The summed E-state index contributed by atoms with van der Waals surface area (Å²) in [5.74, 6) is 0.793. The van der Waals surface area contributed by atoms with Crippen LogP contribution in [0.5, 0.6) is 0 Å². The zero-order chi connectivity index (χ0) is 37.8. The number of nitrogen functional groups attached to an aromatic ring is 1. The highest BCUT2D eigenvalue weighted by molar-refractivity contribution is 9.10. The molecule has 2 saturated heterocycles. The molecule has 13 nitrogen and oxygen atoms in total. The molecule has 0 aromatic carbocycles. The molecule has 0 unspecified atom stereocenters. The van der Waals surface area contributed by atoms with Crippen LogP contribution in [0.15, 0.2) is 33.5 Å². The van der Waals surface area contributed by atoms with E-state index in [9.17, 15) is 19.2 Å². The summed E-state index contributed by atoms with van der Waals surface area (Å²) in [4.78, 5) is 61.7. The number of aromatic nitrogens is 2. The first-order valence-corrected chi connectivity index (χ1v) is 18.8. The molecule has 0 saturated carbocycles. The van der Waals surface area contributed by atoms with E-state index in [0.717, 1.165) is 20.1 Å². The molecule has 5 rings (SSSR count). The minimum Gasteiger partial charge on any atom is -0.466 e. The number of fused-ring (bicyclic) bond motifs is 1. The second-order valence-corrected chi connectivity index (χ2v) is 17.2. The summed E-state index contributed by atoms with van der Waals surface area (Å²) in [6.07, 6.45) is 5.95. The van der Waals surface area contributed by atoms with Gasteiger partial charge in [0.1, 0.15) is 22.8 Å². The van der Waals surface area contributed by atoms with Crippen LogP contribution < -0.4 is 11.1 Å². The average molecular weight is 839 g/mol. The monoisotopic (exact) mass is 836 g/mol. The summed E-state index contributed by atoms with van der Waals surface area (Å²) in [6.45, 7) is 15.1. The van der Waals surface area contributed by atoms with E-state index in [0.29, 0.717) is 82.9 Å². The molecule has 3 aliphatic rings. The predicted molar refractivity (Wildman–Crippen MR) is 200 cm³/mol. The fourth-order valence-corrected chi connectivity index (χ4v) is 7.20. The Bertz CT molecular complexity index is 1610. The summed E-state index contributed by atoms with van der Waals surface area (Å²) in [7, 11) is 0. The van der Waals surface area contributed by atoms with Crippen molar-refractivity contribution in [2.75, 3.05) is 43.8 Å². The third-order valence-electron chi connectivity index (χ3n) is 9.13. The van der Waals surface area contributed by atoms with E-state index < -0.39 is 22.0 Å². The van der Waals surface area contributed by atoms with Crippen molar-refractivity contribution in [2.24, 2.45) is 10.8 Å². The second-order valence-electron chi connectivity index (χ2n) is 15.4. The van der Waals surface area contributed by atoms with E-state index in [1.165, 1.54) is 0 Å². The lowest BCUT2D eigenvalue weighted by Crippen LogP contribution is -2.51. The summed E-state index contributed by atoms with van der Waals surface area (Å²) in [6, 6.07) is 3.88. The molecule has 0 aliphatic carbocycles. The molecule has 0 atom stereocenters. The van der Waals surface area contributed by atoms with Gasteiger partial charge in [-0.25, -0.2) is 19.6 Å². The van der Waals surface area contributed by atoms with Crippen molar-refractivity contribution < 1.29 is 33.4 Å². The van der Waals surface area contributed by atoms with Gasteiger partial charge in [-0.05, 0) is 142 Å². The van der Waals surface area contributed by atoms with Crippen LogP contribution >= 0.6 is 31.9 Å². The molecule has 5 heterocycles. The number of pyridine rings is 2. The lowest BCUT2D eigenvalue weighted by Gasteiger charge is -2.43. The maximum absolute atomic E-state index is 12.8. The molecule has 1 spiro atoms. The van der Waals surface area contributed by atoms with Gasteiger partial charge in [0.25, 0.3) is 0 Å². The number of hydrogen-bond donors (Lipinski definition) is 2. The van der Waals surface area contributed by atoms with Gasteiger partial charge in [-0.1, -0.05) is 0 Å². The summed E-state index contributed by atoms with van der Waals surface area (Å²) >= 11 is 6.83. The van der Waals surface area contributed by atoms with E-state index in [4.69, 9.17) is 19.9 Å². The molecule has 0 bridgehead atoms. The Morgan fingerprint density at radius 2 is 1.37 bits per heavy atom. The SMILES string of the molecule is CC(C)(C)OC(=O)N1CCC2(CC1)Cc1cc(Br)cnc1NC2=O.CCOC(=O)C1(Cc2cc(Br)cnc2N)CCN(C(=O)OC(C)(C)C)CC1. The van der Waals surface area contributed by atoms with Crippen molar-refractivity contribution in [3.63, 3.8) is 0 Å². The molecular weight excluding hydrogens is 788 g/mol. The number of carbonyl (C=O) groups is 4. The molecule has 3 amide bonds. The van der Waals surface area contributed by atoms with Crippen molar-refractivity contribution >= 4 is 67.6 Å². The third-order valence-corrected chi connectivity index (χ3v) is 9.99. The molecule has 0 radical (unpaired) electrons. The molecular formula is C36H50Br2N6O7. The van der Waals surface area contributed by atoms with E-state index in [2.05, 4.69) is 47.1 Å². The first-order valence-electron chi connectivity index (χ1n) is 17.2. The maximum Gasteiger partial charge on any atom is 0.410 e. The lowest BCUT2D eigenvalue weighted by atomic mass is 9.71. The van der Waals surface area contributed by atoms with Crippen LogP contribution in [0.1, 0.15) is 85.3 Å². The summed E-state index contributed by atoms with van der Waals surface area (Å²) in [5.41, 5.74) is 5.59. The largest absolute Gasteiger partial charge is 0.466 e. The Morgan fingerprint density at radius 1 is 0.863 bits per heavy atom. The summed E-state index contributed by atoms with van der Waals surface area (Å²) in [5, 5.41) is 2.92. The number of anilines is 2. The van der Waals surface area contributed by atoms with Crippen LogP contribution in [-0.2, 0) is 36.6 Å². The van der Waals surface area contributed by atoms with Crippen molar-refractivity contribution in [3.05, 3.63) is 44.6 Å². The number of esters is 1. The highest BCUT2D eigenvalue weighted by atomic mass is 79.9. The Balaban J connectivity index is 0.000000230.